The van der Waals surface area contributed by atoms with Crippen LogP contribution in [-0.2, 0) is 9.59 Å². The average molecular weight is 328 g/mol. The molecule has 2 aromatic carbocycles. The molecule has 0 spiro atoms. The van der Waals surface area contributed by atoms with Crippen LogP contribution in [0.15, 0.2) is 55.1 Å². The Bertz CT molecular complexity index is 1070. The zero-order valence-electron chi connectivity index (χ0n) is 13.7. The molecule has 1 aromatic heterocycles. The van der Waals surface area contributed by atoms with Crippen LogP contribution >= 0.6 is 0 Å². The first-order valence-corrected chi connectivity index (χ1v) is 8.00. The van der Waals surface area contributed by atoms with Crippen molar-refractivity contribution in [3.63, 3.8) is 0 Å². The second kappa shape index (κ2) is 5.60. The second-order valence-corrected chi connectivity index (χ2v) is 6.03. The molecule has 0 radical (unpaired) electrons. The molecule has 3 aromatic rings. The molecule has 0 bridgehead atoms. The number of nitrogens with one attached hydrogen (secondary N) is 2. The Balaban J connectivity index is 2.01. The fourth-order valence-corrected chi connectivity index (χ4v) is 3.35. The van der Waals surface area contributed by atoms with Gasteiger partial charge in [0.1, 0.15) is 0 Å². The summed E-state index contributed by atoms with van der Waals surface area (Å²) in [6.07, 6.45) is 1.74. The van der Waals surface area contributed by atoms with Crippen LogP contribution in [0.4, 0.5) is 0 Å². The SMILES string of the molecule is C=Cc1ccc(C2=C(c3c(C)[nH]c4ccccc34)C(=O)NC2=O)cc1. The van der Waals surface area contributed by atoms with Gasteiger partial charge in [-0.05, 0) is 24.1 Å². The van der Waals surface area contributed by atoms with Gasteiger partial charge in [0.05, 0.1) is 11.1 Å². The van der Waals surface area contributed by atoms with Crippen LogP contribution in [0.25, 0.3) is 28.1 Å². The summed E-state index contributed by atoms with van der Waals surface area (Å²) < 4.78 is 0. The lowest BCUT2D eigenvalue weighted by molar-refractivity contribution is -0.122. The normalized spacial score (nSPS) is 14.3. The number of H-pyrrole nitrogens is 1. The van der Waals surface area contributed by atoms with Crippen LogP contribution in [-0.4, -0.2) is 16.8 Å². The van der Waals surface area contributed by atoms with E-state index < -0.39 is 0 Å². The van der Waals surface area contributed by atoms with Gasteiger partial charge in [-0.3, -0.25) is 14.9 Å². The minimum Gasteiger partial charge on any atom is -0.358 e. The van der Waals surface area contributed by atoms with E-state index in [1.54, 1.807) is 6.08 Å². The minimum atomic E-state index is -0.365. The number of imide groups is 1. The molecule has 0 atom stereocenters. The molecule has 0 unspecified atom stereocenters. The molecule has 0 fully saturated rings. The van der Waals surface area contributed by atoms with Crippen LogP contribution in [0.5, 0.6) is 0 Å². The van der Waals surface area contributed by atoms with Gasteiger partial charge in [0.2, 0.25) is 0 Å². The molecule has 25 heavy (non-hydrogen) atoms. The fourth-order valence-electron chi connectivity index (χ4n) is 3.35. The summed E-state index contributed by atoms with van der Waals surface area (Å²) in [6.45, 7) is 5.65. The number of rotatable bonds is 3. The first-order chi connectivity index (χ1) is 12.1. The molecule has 4 nitrogen and oxygen atoms in total. The third kappa shape index (κ3) is 2.31. The molecule has 122 valence electrons. The average Bonchev–Trinajstić information content (AvgIpc) is 3.09. The van der Waals surface area contributed by atoms with E-state index in [1.165, 1.54) is 0 Å². The number of amides is 2. The lowest BCUT2D eigenvalue weighted by atomic mass is 9.94. The molecule has 2 heterocycles. The van der Waals surface area contributed by atoms with Gasteiger partial charge in [-0.25, -0.2) is 0 Å². The minimum absolute atomic E-state index is 0.361. The maximum atomic E-state index is 12.6. The van der Waals surface area contributed by atoms with Crippen molar-refractivity contribution in [1.82, 2.24) is 10.3 Å². The summed E-state index contributed by atoms with van der Waals surface area (Å²) in [5.74, 6) is -0.725. The molecule has 2 N–H and O–H groups in total. The number of benzene rings is 2. The molecule has 0 saturated carbocycles. The number of carbonyl (C=O) groups is 2. The molecule has 0 saturated heterocycles. The number of fused-ring (bicyclic) bond motifs is 1. The highest BCUT2D eigenvalue weighted by molar-refractivity contribution is 6.50. The molecule has 0 aliphatic carbocycles. The number of aromatic nitrogens is 1. The van der Waals surface area contributed by atoms with E-state index in [-0.39, 0.29) is 11.8 Å². The first-order valence-electron chi connectivity index (χ1n) is 8.00. The van der Waals surface area contributed by atoms with Crippen molar-refractivity contribution in [3.8, 4) is 0 Å². The van der Waals surface area contributed by atoms with Crippen molar-refractivity contribution in [1.29, 1.82) is 0 Å². The highest BCUT2D eigenvalue weighted by atomic mass is 16.2. The molecule has 4 rings (SSSR count). The molecule has 4 heteroatoms. The zero-order chi connectivity index (χ0) is 17.6. The van der Waals surface area contributed by atoms with E-state index >= 15 is 0 Å². The van der Waals surface area contributed by atoms with Crippen LogP contribution < -0.4 is 5.32 Å². The Hall–Kier alpha value is -3.40. The Morgan fingerprint density at radius 3 is 2.32 bits per heavy atom. The number of hydrogen-bond acceptors (Lipinski definition) is 2. The van der Waals surface area contributed by atoms with Crippen LogP contribution in [0, 0.1) is 6.92 Å². The van der Waals surface area contributed by atoms with Gasteiger partial charge in [0, 0.05) is 22.2 Å². The van der Waals surface area contributed by atoms with Crippen LogP contribution in [0.1, 0.15) is 22.4 Å². The van der Waals surface area contributed by atoms with E-state index in [9.17, 15) is 9.59 Å². The predicted octanol–water partition coefficient (Wildman–Crippen LogP) is 3.69. The Morgan fingerprint density at radius 1 is 0.920 bits per heavy atom. The van der Waals surface area contributed by atoms with Gasteiger partial charge in [0.25, 0.3) is 11.8 Å². The van der Waals surface area contributed by atoms with Gasteiger partial charge < -0.3 is 4.98 Å². The van der Waals surface area contributed by atoms with E-state index in [4.69, 9.17) is 0 Å². The third-order valence-corrected chi connectivity index (χ3v) is 4.51. The smallest absolute Gasteiger partial charge is 0.259 e. The van der Waals surface area contributed by atoms with E-state index in [2.05, 4.69) is 16.9 Å². The number of carbonyl (C=O) groups excluding carboxylic acids is 2. The van der Waals surface area contributed by atoms with Crippen molar-refractivity contribution < 1.29 is 9.59 Å². The summed E-state index contributed by atoms with van der Waals surface area (Å²) in [6, 6.07) is 15.2. The van der Waals surface area contributed by atoms with Crippen LogP contribution in [0.3, 0.4) is 0 Å². The maximum Gasteiger partial charge on any atom is 0.259 e. The van der Waals surface area contributed by atoms with E-state index in [0.717, 1.165) is 27.7 Å². The van der Waals surface area contributed by atoms with Crippen molar-refractivity contribution in [3.05, 3.63) is 77.5 Å². The first kappa shape index (κ1) is 15.1. The lowest BCUT2D eigenvalue weighted by Crippen LogP contribution is -2.22. The summed E-state index contributed by atoms with van der Waals surface area (Å²) in [5, 5.41) is 3.37. The maximum absolute atomic E-state index is 12.6. The van der Waals surface area contributed by atoms with Gasteiger partial charge in [-0.1, -0.05) is 55.1 Å². The summed E-state index contributed by atoms with van der Waals surface area (Å²) in [4.78, 5) is 28.3. The van der Waals surface area contributed by atoms with Gasteiger partial charge in [-0.15, -0.1) is 0 Å². The Morgan fingerprint density at radius 2 is 1.60 bits per heavy atom. The second-order valence-electron chi connectivity index (χ2n) is 6.03. The number of hydrogen-bond donors (Lipinski definition) is 2. The number of aromatic amines is 1. The van der Waals surface area contributed by atoms with Gasteiger partial charge >= 0.3 is 0 Å². The molecular formula is C21H16N2O2. The molecular weight excluding hydrogens is 312 g/mol. The number of aryl methyl sites for hydroxylation is 1. The summed E-state index contributed by atoms with van der Waals surface area (Å²) in [7, 11) is 0. The quantitative estimate of drug-likeness (QED) is 0.720. The lowest BCUT2D eigenvalue weighted by Gasteiger charge is -2.06. The van der Waals surface area contributed by atoms with E-state index in [0.29, 0.717) is 16.7 Å². The summed E-state index contributed by atoms with van der Waals surface area (Å²) in [5.41, 5.74) is 5.09. The Kier molecular flexibility index (Phi) is 3.39. The summed E-state index contributed by atoms with van der Waals surface area (Å²) >= 11 is 0. The van der Waals surface area contributed by atoms with Crippen LogP contribution in [0.2, 0.25) is 0 Å². The standard InChI is InChI=1S/C21H16N2O2/c1-3-13-8-10-14(11-9-13)18-19(21(25)23-20(18)24)17-12(2)22-16-7-5-4-6-15(16)17/h3-11,22H,1H2,2H3,(H,23,24,25). The van der Waals surface area contributed by atoms with Gasteiger partial charge in [0.15, 0.2) is 0 Å². The predicted molar refractivity (Wildman–Crippen MR) is 99.5 cm³/mol. The van der Waals surface area contributed by atoms with Crippen molar-refractivity contribution in [2.24, 2.45) is 0 Å². The van der Waals surface area contributed by atoms with E-state index in [1.807, 2.05) is 55.5 Å². The topological polar surface area (TPSA) is 62.0 Å². The van der Waals surface area contributed by atoms with Crippen molar-refractivity contribution in [2.45, 2.75) is 6.92 Å². The fraction of sp³-hybridized carbons (Fsp3) is 0.0476. The van der Waals surface area contributed by atoms with Gasteiger partial charge in [-0.2, -0.15) is 0 Å². The number of para-hydroxylation sites is 1. The molecule has 2 amide bonds. The molecule has 1 aliphatic rings. The molecule has 1 aliphatic heterocycles. The Labute approximate surface area is 144 Å². The largest absolute Gasteiger partial charge is 0.358 e. The highest BCUT2D eigenvalue weighted by Crippen LogP contribution is 2.36. The van der Waals surface area contributed by atoms with Crippen molar-refractivity contribution in [2.75, 3.05) is 0 Å². The third-order valence-electron chi connectivity index (χ3n) is 4.51. The monoisotopic (exact) mass is 328 g/mol. The zero-order valence-corrected chi connectivity index (χ0v) is 13.7. The highest BCUT2D eigenvalue weighted by Gasteiger charge is 2.34. The van der Waals surface area contributed by atoms with Crippen molar-refractivity contribution >= 4 is 39.9 Å².